The van der Waals surface area contributed by atoms with Crippen molar-refractivity contribution in [3.8, 4) is 6.07 Å². The molecule has 0 saturated carbocycles. The van der Waals surface area contributed by atoms with Gasteiger partial charge in [-0.2, -0.15) is 5.26 Å². The molecule has 0 saturated heterocycles. The molecular formula is C9H14N2O2S. The number of carbonyl (C=O) groups is 1. The molecule has 0 radical (unpaired) electrons. The van der Waals surface area contributed by atoms with Crippen molar-refractivity contribution in [2.24, 2.45) is 0 Å². The Labute approximate surface area is 89.3 Å². The summed E-state index contributed by atoms with van der Waals surface area (Å²) in [6.07, 6.45) is 0. The van der Waals surface area contributed by atoms with Crippen LogP contribution in [0.1, 0.15) is 20.8 Å². The Bertz CT molecular complexity index is 279. The van der Waals surface area contributed by atoms with Crippen LogP contribution < -0.4 is 5.32 Å². The van der Waals surface area contributed by atoms with E-state index in [0.29, 0.717) is 0 Å². The highest BCUT2D eigenvalue weighted by molar-refractivity contribution is 7.84. The monoisotopic (exact) mass is 214 g/mol. The highest BCUT2D eigenvalue weighted by Crippen LogP contribution is 2.08. The van der Waals surface area contributed by atoms with Crippen LogP contribution in [0.2, 0.25) is 0 Å². The fraction of sp³-hybridized carbons (Fsp3) is 0.556. The van der Waals surface area contributed by atoms with Crippen molar-refractivity contribution in [1.82, 2.24) is 5.32 Å². The Kier molecular flexibility index (Phi) is 5.81. The van der Waals surface area contributed by atoms with E-state index >= 15 is 0 Å². The molecule has 0 heterocycles. The van der Waals surface area contributed by atoms with E-state index in [0.717, 1.165) is 0 Å². The third kappa shape index (κ3) is 4.19. The van der Waals surface area contributed by atoms with Crippen LogP contribution in [0.5, 0.6) is 0 Å². The second-order valence-corrected chi connectivity index (χ2v) is 3.30. The van der Waals surface area contributed by atoms with Crippen molar-refractivity contribution in [2.75, 3.05) is 6.61 Å². The largest absolute Gasteiger partial charge is 0.462 e. The molecule has 0 fully saturated rings. The van der Waals surface area contributed by atoms with Gasteiger partial charge in [-0.1, -0.05) is 0 Å². The highest BCUT2D eigenvalue weighted by atomic mass is 32.1. The first-order valence-corrected chi connectivity index (χ1v) is 4.74. The van der Waals surface area contributed by atoms with Gasteiger partial charge in [0.05, 0.1) is 11.6 Å². The van der Waals surface area contributed by atoms with Gasteiger partial charge in [0.1, 0.15) is 6.07 Å². The molecule has 0 amide bonds. The van der Waals surface area contributed by atoms with Crippen LogP contribution in [0, 0.1) is 11.3 Å². The predicted molar refractivity (Wildman–Crippen MR) is 56.5 cm³/mol. The summed E-state index contributed by atoms with van der Waals surface area (Å²) >= 11 is 4.02. The summed E-state index contributed by atoms with van der Waals surface area (Å²) in [5.74, 6) is -0.645. The number of thiol groups is 1. The molecule has 5 heteroatoms. The fourth-order valence-corrected chi connectivity index (χ4v) is 1.14. The van der Waals surface area contributed by atoms with Gasteiger partial charge in [-0.15, -0.1) is 12.6 Å². The maximum absolute atomic E-state index is 11.2. The fourth-order valence-electron chi connectivity index (χ4n) is 0.744. The number of nitrogens with zero attached hydrogens (tertiary/aromatic N) is 1. The molecule has 0 aliphatic heterocycles. The van der Waals surface area contributed by atoms with Crippen LogP contribution in [0.3, 0.4) is 0 Å². The Balaban J connectivity index is 4.68. The van der Waals surface area contributed by atoms with Crippen LogP contribution in [0.25, 0.3) is 0 Å². The summed E-state index contributed by atoms with van der Waals surface area (Å²) in [5, 5.41) is 11.8. The Morgan fingerprint density at radius 1 is 1.64 bits per heavy atom. The van der Waals surface area contributed by atoms with Gasteiger partial charge in [0.15, 0.2) is 5.57 Å². The molecule has 0 bridgehead atoms. The molecular weight excluding hydrogens is 200 g/mol. The van der Waals surface area contributed by atoms with E-state index in [1.54, 1.807) is 13.0 Å². The second kappa shape index (κ2) is 6.33. The van der Waals surface area contributed by atoms with Crippen molar-refractivity contribution >= 4 is 18.6 Å². The highest BCUT2D eigenvalue weighted by Gasteiger charge is 2.14. The first-order valence-electron chi connectivity index (χ1n) is 4.29. The number of ether oxygens (including phenoxy) is 1. The number of hydrogen-bond donors (Lipinski definition) is 2. The van der Waals surface area contributed by atoms with E-state index in [1.807, 2.05) is 13.8 Å². The molecule has 0 rings (SSSR count). The van der Waals surface area contributed by atoms with Gasteiger partial charge in [-0.3, -0.25) is 0 Å². The molecule has 0 aromatic carbocycles. The summed E-state index contributed by atoms with van der Waals surface area (Å²) in [6.45, 7) is 5.69. The maximum atomic E-state index is 11.2. The van der Waals surface area contributed by atoms with Crippen LogP contribution in [-0.4, -0.2) is 18.6 Å². The molecule has 0 aromatic heterocycles. The minimum absolute atomic E-state index is 0.0936. The minimum atomic E-state index is -0.645. The number of nitriles is 1. The van der Waals surface area contributed by atoms with Gasteiger partial charge >= 0.3 is 5.97 Å². The molecule has 78 valence electrons. The second-order valence-electron chi connectivity index (χ2n) is 2.85. The summed E-state index contributed by atoms with van der Waals surface area (Å²) in [5.41, 5.74) is -0.0936. The van der Waals surface area contributed by atoms with E-state index in [1.165, 1.54) is 0 Å². The third-order valence-electron chi connectivity index (χ3n) is 1.25. The Morgan fingerprint density at radius 2 is 2.21 bits per heavy atom. The van der Waals surface area contributed by atoms with Gasteiger partial charge < -0.3 is 10.1 Å². The first-order chi connectivity index (χ1) is 6.52. The van der Waals surface area contributed by atoms with Crippen molar-refractivity contribution in [3.63, 3.8) is 0 Å². The van der Waals surface area contributed by atoms with E-state index < -0.39 is 5.97 Å². The lowest BCUT2D eigenvalue weighted by Gasteiger charge is -2.10. The van der Waals surface area contributed by atoms with E-state index in [2.05, 4.69) is 22.7 Å². The molecule has 0 atom stereocenters. The van der Waals surface area contributed by atoms with Gasteiger partial charge in [0, 0.05) is 6.04 Å². The lowest BCUT2D eigenvalue weighted by molar-refractivity contribution is -0.138. The molecule has 0 unspecified atom stereocenters. The Hall–Kier alpha value is -1.15. The molecule has 4 nitrogen and oxygen atoms in total. The van der Waals surface area contributed by atoms with Crippen molar-refractivity contribution < 1.29 is 9.53 Å². The van der Waals surface area contributed by atoms with Crippen LogP contribution in [0.4, 0.5) is 0 Å². The quantitative estimate of drug-likeness (QED) is 0.319. The van der Waals surface area contributed by atoms with E-state index in [9.17, 15) is 4.79 Å². The van der Waals surface area contributed by atoms with Gasteiger partial charge in [0.25, 0.3) is 0 Å². The van der Waals surface area contributed by atoms with E-state index in [4.69, 9.17) is 5.26 Å². The smallest absolute Gasteiger partial charge is 0.351 e. The Morgan fingerprint density at radius 3 is 2.57 bits per heavy atom. The van der Waals surface area contributed by atoms with Gasteiger partial charge in [-0.25, -0.2) is 4.79 Å². The average Bonchev–Trinajstić information content (AvgIpc) is 2.04. The normalized spacial score (nSPS) is 11.7. The lowest BCUT2D eigenvalue weighted by atomic mass is 10.3. The first kappa shape index (κ1) is 12.8. The predicted octanol–water partition coefficient (Wildman–Crippen LogP) is 1.21. The van der Waals surface area contributed by atoms with Crippen molar-refractivity contribution in [1.29, 1.82) is 5.26 Å². The van der Waals surface area contributed by atoms with Crippen LogP contribution in [-0.2, 0) is 9.53 Å². The number of rotatable bonds is 4. The van der Waals surface area contributed by atoms with Crippen LogP contribution in [0.15, 0.2) is 10.6 Å². The molecule has 0 spiro atoms. The molecule has 1 N–H and O–H groups in total. The minimum Gasteiger partial charge on any atom is -0.462 e. The topological polar surface area (TPSA) is 62.1 Å². The SMILES string of the molecule is CCOC(=O)/C(C#N)=C(\S)NC(C)C. The summed E-state index contributed by atoms with van der Waals surface area (Å²) in [4.78, 5) is 11.2. The summed E-state index contributed by atoms with van der Waals surface area (Å²) in [6, 6.07) is 1.87. The van der Waals surface area contributed by atoms with Crippen molar-refractivity contribution in [2.45, 2.75) is 26.8 Å². The average molecular weight is 214 g/mol. The molecule has 0 aromatic rings. The zero-order valence-electron chi connectivity index (χ0n) is 8.50. The molecule has 0 aliphatic rings. The van der Waals surface area contributed by atoms with Crippen LogP contribution >= 0.6 is 12.6 Å². The molecule has 14 heavy (non-hydrogen) atoms. The van der Waals surface area contributed by atoms with Gasteiger partial charge in [-0.05, 0) is 20.8 Å². The summed E-state index contributed by atoms with van der Waals surface area (Å²) < 4.78 is 4.69. The summed E-state index contributed by atoms with van der Waals surface area (Å²) in [7, 11) is 0. The zero-order chi connectivity index (χ0) is 11.1. The zero-order valence-corrected chi connectivity index (χ0v) is 9.39. The van der Waals surface area contributed by atoms with E-state index in [-0.39, 0.29) is 23.3 Å². The standard InChI is InChI=1S/C9H14N2O2S/c1-4-13-9(12)7(5-10)8(14)11-6(2)3/h6,11,14H,4H2,1-3H3/b8-7-. The van der Waals surface area contributed by atoms with Gasteiger partial charge in [0.2, 0.25) is 0 Å². The number of esters is 1. The third-order valence-corrected chi connectivity index (χ3v) is 1.61. The maximum Gasteiger partial charge on any atom is 0.351 e. The lowest BCUT2D eigenvalue weighted by Crippen LogP contribution is -2.22. The van der Waals surface area contributed by atoms with Crippen molar-refractivity contribution in [3.05, 3.63) is 10.6 Å². The number of carbonyl (C=O) groups excluding carboxylic acids is 1. The number of hydrogen-bond acceptors (Lipinski definition) is 5. The number of nitrogens with one attached hydrogen (secondary N) is 1. The molecule has 0 aliphatic carbocycles.